The van der Waals surface area contributed by atoms with Gasteiger partial charge in [-0.15, -0.1) is 0 Å². The van der Waals surface area contributed by atoms with Crippen LogP contribution < -0.4 is 21.3 Å². The van der Waals surface area contributed by atoms with Gasteiger partial charge in [0, 0.05) is 38.2 Å². The van der Waals surface area contributed by atoms with Gasteiger partial charge in [-0.1, -0.05) is 20.8 Å². The van der Waals surface area contributed by atoms with Crippen LogP contribution in [0.25, 0.3) is 0 Å². The van der Waals surface area contributed by atoms with Crippen molar-refractivity contribution in [2.45, 2.75) is 64.3 Å². The van der Waals surface area contributed by atoms with Gasteiger partial charge in [-0.2, -0.15) is 0 Å². The van der Waals surface area contributed by atoms with Crippen molar-refractivity contribution < 1.29 is 37.5 Å². The Bertz CT molecular complexity index is 1170. The zero-order valence-corrected chi connectivity index (χ0v) is 22.9. The molecule has 5 N–H and O–H groups in total. The van der Waals surface area contributed by atoms with Crippen LogP contribution in [-0.4, -0.2) is 78.0 Å². The monoisotopic (exact) mass is 567 g/mol. The molecule has 3 aliphatic rings. The minimum Gasteiger partial charge on any atom is -0.381 e. The summed E-state index contributed by atoms with van der Waals surface area (Å²) in [6, 6.07) is -2.16. The van der Waals surface area contributed by atoms with Gasteiger partial charge in [0.25, 0.3) is 5.91 Å². The fourth-order valence-electron chi connectivity index (χ4n) is 6.25. The predicted molar refractivity (Wildman–Crippen MR) is 138 cm³/mol. The molecule has 0 bridgehead atoms. The Kier molecular flexibility index (Phi) is 8.34. The minimum absolute atomic E-state index is 0.00748. The maximum Gasteiger partial charge on any atom is 0.250 e. The number of hydrogen-bond acceptors (Lipinski definition) is 6. The first kappa shape index (κ1) is 29.6. The number of aliphatic hydroxyl groups excluding tert-OH is 1. The highest BCUT2D eigenvalue weighted by Crippen LogP contribution is 2.65. The summed E-state index contributed by atoms with van der Waals surface area (Å²) in [5.74, 6) is -6.33. The highest BCUT2D eigenvalue weighted by Gasteiger charge is 2.69. The second kappa shape index (κ2) is 11.3. The molecule has 0 spiro atoms. The maximum atomic E-state index is 14.3. The second-order valence-electron chi connectivity index (χ2n) is 11.4. The van der Waals surface area contributed by atoms with E-state index in [9.17, 15) is 37.5 Å². The number of likely N-dealkylation sites (N-methyl/N-ethyl adjacent to an activating group) is 1. The SMILES string of the molecule is CC[C@@H](Nc1c(F)cc(F)cc1F)C(=O)N1C[C@H]2[C@@H]([C@H]1C(=O)N[C@H](C[C@@H]1CCNC1=O)C(O)C(=O)NC)C2(C)C. The molecule has 13 heteroatoms. The molecule has 1 saturated carbocycles. The van der Waals surface area contributed by atoms with Crippen molar-refractivity contribution in [3.63, 3.8) is 0 Å². The highest BCUT2D eigenvalue weighted by atomic mass is 19.1. The predicted octanol–water partition coefficient (Wildman–Crippen LogP) is 0.895. The van der Waals surface area contributed by atoms with Crippen molar-refractivity contribution in [1.29, 1.82) is 0 Å². The van der Waals surface area contributed by atoms with Crippen LogP contribution in [0.1, 0.15) is 40.0 Å². The van der Waals surface area contributed by atoms with Gasteiger partial charge in [-0.05, 0) is 36.5 Å². The molecule has 7 atom stereocenters. The number of likely N-dealkylation sites (tertiary alicyclic amines) is 1. The first-order valence-corrected chi connectivity index (χ1v) is 13.5. The molecule has 1 aromatic rings. The number of aliphatic hydroxyl groups is 1. The third-order valence-electron chi connectivity index (χ3n) is 8.72. The van der Waals surface area contributed by atoms with Crippen molar-refractivity contribution in [3.05, 3.63) is 29.6 Å². The zero-order valence-electron chi connectivity index (χ0n) is 22.9. The van der Waals surface area contributed by atoms with E-state index in [1.165, 1.54) is 11.9 Å². The van der Waals surface area contributed by atoms with Gasteiger partial charge in [0.2, 0.25) is 17.7 Å². The van der Waals surface area contributed by atoms with E-state index >= 15 is 0 Å². The van der Waals surface area contributed by atoms with E-state index in [0.717, 1.165) is 0 Å². The lowest BCUT2D eigenvalue weighted by atomic mass is 9.93. The summed E-state index contributed by atoms with van der Waals surface area (Å²) >= 11 is 0. The lowest BCUT2D eigenvalue weighted by Gasteiger charge is -2.34. The molecule has 4 rings (SSSR count). The molecule has 10 nitrogen and oxygen atoms in total. The molecule has 2 saturated heterocycles. The van der Waals surface area contributed by atoms with Crippen molar-refractivity contribution in [1.82, 2.24) is 20.9 Å². The second-order valence-corrected chi connectivity index (χ2v) is 11.4. The highest BCUT2D eigenvalue weighted by molar-refractivity contribution is 5.93. The number of rotatable bonds is 10. The van der Waals surface area contributed by atoms with Crippen LogP contribution in [0.3, 0.4) is 0 Å². The number of halogens is 3. The number of anilines is 1. The summed E-state index contributed by atoms with van der Waals surface area (Å²) in [6.07, 6.45) is -1.01. The van der Waals surface area contributed by atoms with Gasteiger partial charge in [0.15, 0.2) is 17.7 Å². The number of carbonyl (C=O) groups excluding carboxylic acids is 4. The molecule has 0 aromatic heterocycles. The number of hydrogen-bond donors (Lipinski definition) is 5. The summed E-state index contributed by atoms with van der Waals surface area (Å²) in [4.78, 5) is 53.2. The largest absolute Gasteiger partial charge is 0.381 e. The number of nitrogens with zero attached hydrogens (tertiary/aromatic N) is 1. The van der Waals surface area contributed by atoms with Crippen molar-refractivity contribution >= 4 is 29.3 Å². The van der Waals surface area contributed by atoms with Crippen LogP contribution in [-0.2, 0) is 19.2 Å². The fraction of sp³-hybridized carbons (Fsp3) is 0.630. The van der Waals surface area contributed by atoms with E-state index in [1.807, 2.05) is 13.8 Å². The molecule has 2 heterocycles. The number of fused-ring (bicyclic) bond motifs is 1. The zero-order chi connectivity index (χ0) is 29.5. The molecule has 1 aromatic carbocycles. The Morgan fingerprint density at radius 1 is 1.20 bits per heavy atom. The Balaban J connectivity index is 1.56. The van der Waals surface area contributed by atoms with E-state index in [0.29, 0.717) is 25.1 Å². The summed E-state index contributed by atoms with van der Waals surface area (Å²) in [6.45, 7) is 6.26. The first-order chi connectivity index (χ1) is 18.8. The average Bonchev–Trinajstić information content (AvgIpc) is 3.24. The summed E-state index contributed by atoms with van der Waals surface area (Å²) in [5.41, 5.74) is -0.903. The molecule has 1 aliphatic carbocycles. The Labute approximate surface area is 230 Å². The molecule has 4 amide bonds. The third kappa shape index (κ3) is 5.48. The average molecular weight is 568 g/mol. The molecule has 3 fully saturated rings. The summed E-state index contributed by atoms with van der Waals surface area (Å²) in [7, 11) is 1.34. The van der Waals surface area contributed by atoms with Gasteiger partial charge in [0.1, 0.15) is 23.6 Å². The van der Waals surface area contributed by atoms with Crippen LogP contribution in [0.15, 0.2) is 12.1 Å². The molecule has 2 aliphatic heterocycles. The molecular weight excluding hydrogens is 531 g/mol. The third-order valence-corrected chi connectivity index (χ3v) is 8.72. The van der Waals surface area contributed by atoms with Gasteiger partial charge in [-0.3, -0.25) is 19.2 Å². The quantitative estimate of drug-likeness (QED) is 0.285. The van der Waals surface area contributed by atoms with Gasteiger partial charge < -0.3 is 31.3 Å². The number of nitrogens with one attached hydrogen (secondary N) is 4. The Morgan fingerprint density at radius 2 is 1.85 bits per heavy atom. The van der Waals surface area contributed by atoms with E-state index in [-0.39, 0.29) is 42.5 Å². The smallest absolute Gasteiger partial charge is 0.250 e. The van der Waals surface area contributed by atoms with Crippen LogP contribution in [0.5, 0.6) is 0 Å². The number of piperidine rings is 1. The van der Waals surface area contributed by atoms with Crippen LogP contribution in [0.4, 0.5) is 18.9 Å². The van der Waals surface area contributed by atoms with E-state index in [2.05, 4.69) is 21.3 Å². The van der Waals surface area contributed by atoms with Crippen molar-refractivity contribution in [2.24, 2.45) is 23.2 Å². The van der Waals surface area contributed by atoms with Crippen molar-refractivity contribution in [3.8, 4) is 0 Å². The minimum atomic E-state index is -1.63. The van der Waals surface area contributed by atoms with Crippen LogP contribution >= 0.6 is 0 Å². The molecule has 220 valence electrons. The maximum absolute atomic E-state index is 14.3. The fourth-order valence-corrected chi connectivity index (χ4v) is 6.25. The standard InChI is InChI=1S/C27H36F3N5O5/c1-5-17(33-20-15(29)9-13(28)10-16(20)30)26(40)35-11-14-19(27(14,2)3)21(35)24(38)34-18(22(36)25(39)31-4)8-12-6-7-32-23(12)37/h9-10,12,14,17-19,21-22,33,36H,5-8,11H2,1-4H3,(H,31,39)(H,32,37)(H,34,38)/t12-,14-,17+,18+,19-,21-,22?/m0/s1. The summed E-state index contributed by atoms with van der Waals surface area (Å²) in [5, 5.41) is 21.0. The van der Waals surface area contributed by atoms with E-state index < -0.39 is 71.0 Å². The lowest BCUT2D eigenvalue weighted by molar-refractivity contribution is -0.142. The Hall–Kier alpha value is -3.35. The van der Waals surface area contributed by atoms with Crippen LogP contribution in [0.2, 0.25) is 0 Å². The number of benzene rings is 1. The van der Waals surface area contributed by atoms with E-state index in [1.54, 1.807) is 6.92 Å². The Morgan fingerprint density at radius 3 is 2.40 bits per heavy atom. The van der Waals surface area contributed by atoms with Crippen LogP contribution in [0, 0.1) is 40.6 Å². The van der Waals surface area contributed by atoms with Gasteiger partial charge in [-0.25, -0.2) is 13.2 Å². The summed E-state index contributed by atoms with van der Waals surface area (Å²) < 4.78 is 42.0. The van der Waals surface area contributed by atoms with Gasteiger partial charge in [0.05, 0.1) is 6.04 Å². The van der Waals surface area contributed by atoms with E-state index in [4.69, 9.17) is 0 Å². The molecule has 40 heavy (non-hydrogen) atoms. The topological polar surface area (TPSA) is 140 Å². The van der Waals surface area contributed by atoms with Crippen molar-refractivity contribution in [2.75, 3.05) is 25.5 Å². The molecule has 0 radical (unpaired) electrons. The lowest BCUT2D eigenvalue weighted by Crippen LogP contribution is -2.58. The van der Waals surface area contributed by atoms with Gasteiger partial charge >= 0.3 is 0 Å². The molecular formula is C27H36F3N5O5. The number of carbonyl (C=O) groups is 4. The normalized spacial score (nSPS) is 26.8. The molecule has 1 unspecified atom stereocenters. The first-order valence-electron chi connectivity index (χ1n) is 13.5. The number of amides is 4.